The van der Waals surface area contributed by atoms with E-state index < -0.39 is 0 Å². The minimum atomic E-state index is -0.207. The molecule has 0 saturated heterocycles. The van der Waals surface area contributed by atoms with Crippen LogP contribution in [0.4, 0.5) is 4.39 Å². The molecule has 0 atom stereocenters. The molecule has 2 rings (SSSR count). The summed E-state index contributed by atoms with van der Waals surface area (Å²) in [4.78, 5) is 0. The first-order valence-electron chi connectivity index (χ1n) is 5.62. The van der Waals surface area contributed by atoms with Gasteiger partial charge >= 0.3 is 0 Å². The molecule has 0 nitrogen and oxygen atoms in total. The molecule has 0 aromatic heterocycles. The fourth-order valence-corrected chi connectivity index (χ4v) is 1.94. The molecule has 1 aromatic rings. The van der Waals surface area contributed by atoms with E-state index in [2.05, 4.69) is 25.3 Å². The SMILES string of the molecule is C=CC1(C=C)C=CC(c2cccc(F)c2)=CC1. The number of rotatable bonds is 3. The molecular formula is C16H15F. The molecule has 0 unspecified atom stereocenters. The van der Waals surface area contributed by atoms with Crippen LogP contribution in [0.1, 0.15) is 12.0 Å². The van der Waals surface area contributed by atoms with Crippen LogP contribution in [0.5, 0.6) is 0 Å². The van der Waals surface area contributed by atoms with E-state index in [1.54, 1.807) is 12.1 Å². The lowest BCUT2D eigenvalue weighted by atomic mass is 9.79. The molecule has 0 bridgehead atoms. The van der Waals surface area contributed by atoms with E-state index in [0.717, 1.165) is 17.6 Å². The molecule has 1 aliphatic rings. The molecule has 0 aliphatic heterocycles. The predicted octanol–water partition coefficient (Wildman–Crippen LogP) is 4.53. The van der Waals surface area contributed by atoms with Gasteiger partial charge in [0.1, 0.15) is 5.82 Å². The molecule has 1 aromatic carbocycles. The first kappa shape index (κ1) is 11.6. The van der Waals surface area contributed by atoms with Crippen molar-refractivity contribution in [3.63, 3.8) is 0 Å². The Morgan fingerprint density at radius 3 is 2.53 bits per heavy atom. The Hall–Kier alpha value is -1.89. The third-order valence-electron chi connectivity index (χ3n) is 3.17. The average Bonchev–Trinajstić information content (AvgIpc) is 2.39. The van der Waals surface area contributed by atoms with Crippen LogP contribution in [0.3, 0.4) is 0 Å². The summed E-state index contributed by atoms with van der Waals surface area (Å²) in [7, 11) is 0. The second-order valence-corrected chi connectivity index (χ2v) is 4.23. The molecule has 0 N–H and O–H groups in total. The van der Waals surface area contributed by atoms with Gasteiger partial charge in [-0.3, -0.25) is 0 Å². The van der Waals surface area contributed by atoms with Gasteiger partial charge in [-0.25, -0.2) is 4.39 Å². The molecule has 0 spiro atoms. The smallest absolute Gasteiger partial charge is 0.123 e. The van der Waals surface area contributed by atoms with Crippen LogP contribution in [-0.2, 0) is 0 Å². The van der Waals surface area contributed by atoms with Crippen LogP contribution in [0, 0.1) is 11.2 Å². The van der Waals surface area contributed by atoms with Crippen LogP contribution >= 0.6 is 0 Å². The summed E-state index contributed by atoms with van der Waals surface area (Å²) in [6, 6.07) is 6.63. The van der Waals surface area contributed by atoms with Gasteiger partial charge in [-0.05, 0) is 29.7 Å². The number of hydrogen-bond acceptors (Lipinski definition) is 0. The Kier molecular flexibility index (Phi) is 3.10. The van der Waals surface area contributed by atoms with E-state index in [4.69, 9.17) is 0 Å². The number of allylic oxidation sites excluding steroid dienone is 6. The van der Waals surface area contributed by atoms with Crippen molar-refractivity contribution in [2.45, 2.75) is 6.42 Å². The van der Waals surface area contributed by atoms with Crippen molar-refractivity contribution < 1.29 is 4.39 Å². The van der Waals surface area contributed by atoms with Crippen LogP contribution in [-0.4, -0.2) is 0 Å². The van der Waals surface area contributed by atoms with E-state index in [1.165, 1.54) is 6.07 Å². The summed E-state index contributed by atoms with van der Waals surface area (Å²) in [5.74, 6) is -0.207. The zero-order valence-corrected chi connectivity index (χ0v) is 9.70. The Labute approximate surface area is 101 Å². The van der Waals surface area contributed by atoms with Gasteiger partial charge in [0.15, 0.2) is 0 Å². The normalized spacial score (nSPS) is 17.4. The molecule has 17 heavy (non-hydrogen) atoms. The van der Waals surface area contributed by atoms with Gasteiger partial charge in [0.2, 0.25) is 0 Å². The molecule has 1 aliphatic carbocycles. The molecule has 0 amide bonds. The standard InChI is InChI=1S/C16H15F/c1-3-16(4-2)10-8-13(9-11-16)14-6-5-7-15(17)12-14/h3-10,12H,1-2,11H2. The summed E-state index contributed by atoms with van der Waals surface area (Å²) < 4.78 is 13.1. The summed E-state index contributed by atoms with van der Waals surface area (Å²) in [6.45, 7) is 7.65. The van der Waals surface area contributed by atoms with E-state index in [9.17, 15) is 4.39 Å². The van der Waals surface area contributed by atoms with E-state index in [-0.39, 0.29) is 11.2 Å². The van der Waals surface area contributed by atoms with Crippen LogP contribution < -0.4 is 0 Å². The van der Waals surface area contributed by atoms with Crippen LogP contribution in [0.2, 0.25) is 0 Å². The Morgan fingerprint density at radius 1 is 1.24 bits per heavy atom. The van der Waals surface area contributed by atoms with Crippen molar-refractivity contribution in [1.82, 2.24) is 0 Å². The maximum absolute atomic E-state index is 13.1. The van der Waals surface area contributed by atoms with Crippen molar-refractivity contribution in [3.8, 4) is 0 Å². The minimum absolute atomic E-state index is 0.156. The van der Waals surface area contributed by atoms with Gasteiger partial charge in [-0.15, -0.1) is 13.2 Å². The minimum Gasteiger partial charge on any atom is -0.207 e. The highest BCUT2D eigenvalue weighted by molar-refractivity contribution is 5.75. The fourth-order valence-electron chi connectivity index (χ4n) is 1.94. The van der Waals surface area contributed by atoms with E-state index >= 15 is 0 Å². The highest BCUT2D eigenvalue weighted by Gasteiger charge is 2.20. The van der Waals surface area contributed by atoms with Crippen molar-refractivity contribution in [1.29, 1.82) is 0 Å². The van der Waals surface area contributed by atoms with Gasteiger partial charge < -0.3 is 0 Å². The van der Waals surface area contributed by atoms with Crippen molar-refractivity contribution >= 4 is 5.57 Å². The lowest BCUT2D eigenvalue weighted by Gasteiger charge is -2.25. The van der Waals surface area contributed by atoms with Gasteiger partial charge in [-0.1, -0.05) is 42.5 Å². The Balaban J connectivity index is 2.29. The Bertz CT molecular complexity index is 498. The fraction of sp³-hybridized carbons (Fsp3) is 0.125. The predicted molar refractivity (Wildman–Crippen MR) is 71.0 cm³/mol. The second-order valence-electron chi connectivity index (χ2n) is 4.23. The third kappa shape index (κ3) is 2.28. The highest BCUT2D eigenvalue weighted by atomic mass is 19.1. The zero-order valence-electron chi connectivity index (χ0n) is 9.70. The largest absolute Gasteiger partial charge is 0.207 e. The van der Waals surface area contributed by atoms with E-state index in [1.807, 2.05) is 24.3 Å². The summed E-state index contributed by atoms with van der Waals surface area (Å²) in [5.41, 5.74) is 1.79. The molecular weight excluding hydrogens is 211 g/mol. The quantitative estimate of drug-likeness (QED) is 0.664. The first-order valence-corrected chi connectivity index (χ1v) is 5.62. The maximum atomic E-state index is 13.1. The third-order valence-corrected chi connectivity index (χ3v) is 3.17. The van der Waals surface area contributed by atoms with Gasteiger partial charge in [-0.2, -0.15) is 0 Å². The highest BCUT2D eigenvalue weighted by Crippen LogP contribution is 2.34. The van der Waals surface area contributed by atoms with Crippen molar-refractivity contribution in [2.24, 2.45) is 5.41 Å². The molecule has 1 heteroatoms. The summed E-state index contributed by atoms with van der Waals surface area (Å²) in [5, 5.41) is 0. The van der Waals surface area contributed by atoms with Crippen LogP contribution in [0.25, 0.3) is 5.57 Å². The average molecular weight is 226 g/mol. The second kappa shape index (κ2) is 4.54. The molecule has 86 valence electrons. The molecule has 0 fully saturated rings. The number of halogens is 1. The van der Waals surface area contributed by atoms with Crippen LogP contribution in [0.15, 0.2) is 67.8 Å². The van der Waals surface area contributed by atoms with Gasteiger partial charge in [0.05, 0.1) is 0 Å². The van der Waals surface area contributed by atoms with Gasteiger partial charge in [0.25, 0.3) is 0 Å². The van der Waals surface area contributed by atoms with Crippen molar-refractivity contribution in [2.75, 3.05) is 0 Å². The monoisotopic (exact) mass is 226 g/mol. The topological polar surface area (TPSA) is 0 Å². The zero-order chi connectivity index (χ0) is 12.3. The number of hydrogen-bond donors (Lipinski definition) is 0. The van der Waals surface area contributed by atoms with E-state index in [0.29, 0.717) is 0 Å². The summed E-state index contributed by atoms with van der Waals surface area (Å²) in [6.07, 6.45) is 10.8. The number of benzene rings is 1. The summed E-state index contributed by atoms with van der Waals surface area (Å²) >= 11 is 0. The molecule has 0 heterocycles. The lowest BCUT2D eigenvalue weighted by molar-refractivity contribution is 0.626. The molecule has 0 radical (unpaired) electrons. The van der Waals surface area contributed by atoms with Gasteiger partial charge in [0, 0.05) is 5.41 Å². The first-order chi connectivity index (χ1) is 8.19. The lowest BCUT2D eigenvalue weighted by Crippen LogP contribution is -2.12. The maximum Gasteiger partial charge on any atom is 0.123 e. The molecule has 0 saturated carbocycles. The Morgan fingerprint density at radius 2 is 2.00 bits per heavy atom. The van der Waals surface area contributed by atoms with Crippen molar-refractivity contribution in [3.05, 3.63) is 79.2 Å².